The highest BCUT2D eigenvalue weighted by Gasteiger charge is 2.18. The van der Waals surface area contributed by atoms with Gasteiger partial charge in [0.25, 0.3) is 0 Å². The smallest absolute Gasteiger partial charge is 0.407 e. The summed E-state index contributed by atoms with van der Waals surface area (Å²) in [7, 11) is 3.33. The SMILES string of the molecule is CCC=CCC=CCC=CCC=CCC=CCCCC(=O)NCCSSCCNC(=O)OCC(CC)Nc1nc(NCc2ccccc2)c2ncn(C(C)C)c2n1. The minimum absolute atomic E-state index is 0.0895. The third kappa shape index (κ3) is 20.5. The number of allylic oxidation sites excluding steroid dienone is 10. The zero-order valence-corrected chi connectivity index (χ0v) is 36.0. The van der Waals surface area contributed by atoms with Crippen LogP contribution in [0.3, 0.4) is 0 Å². The largest absolute Gasteiger partial charge is 0.447 e. The summed E-state index contributed by atoms with van der Waals surface area (Å²) in [4.78, 5) is 38.7. The molecule has 0 aliphatic heterocycles. The number of alkyl carbamates (subject to hydrolysis) is 1. The second-order valence-corrected chi connectivity index (χ2v) is 16.2. The van der Waals surface area contributed by atoms with Crippen molar-refractivity contribution in [3.8, 4) is 0 Å². The molecule has 3 aromatic rings. The van der Waals surface area contributed by atoms with E-state index in [4.69, 9.17) is 14.7 Å². The lowest BCUT2D eigenvalue weighted by Gasteiger charge is -2.18. The van der Waals surface area contributed by atoms with Gasteiger partial charge in [0.1, 0.15) is 6.61 Å². The number of nitrogens with one attached hydrogen (secondary N) is 4. The van der Waals surface area contributed by atoms with Crippen LogP contribution in [0.1, 0.15) is 97.1 Å². The summed E-state index contributed by atoms with van der Waals surface area (Å²) in [5.41, 5.74) is 2.57. The van der Waals surface area contributed by atoms with Crippen LogP contribution in [0, 0.1) is 0 Å². The lowest BCUT2D eigenvalue weighted by atomic mass is 10.2. The van der Waals surface area contributed by atoms with Gasteiger partial charge in [-0.25, -0.2) is 9.78 Å². The predicted molar refractivity (Wildman–Crippen MR) is 243 cm³/mol. The Morgan fingerprint density at radius 1 is 0.825 bits per heavy atom. The number of ether oxygens (including phenoxy) is 1. The first-order chi connectivity index (χ1) is 27.9. The molecule has 310 valence electrons. The molecule has 1 unspecified atom stereocenters. The molecular weight excluding hydrogens is 753 g/mol. The zero-order valence-electron chi connectivity index (χ0n) is 34.3. The molecule has 57 heavy (non-hydrogen) atoms. The Morgan fingerprint density at radius 2 is 1.46 bits per heavy atom. The second kappa shape index (κ2) is 29.7. The number of rotatable bonds is 29. The molecule has 0 bridgehead atoms. The second-order valence-electron chi connectivity index (χ2n) is 13.5. The fourth-order valence-electron chi connectivity index (χ4n) is 5.32. The minimum atomic E-state index is -0.461. The zero-order chi connectivity index (χ0) is 40.8. The highest BCUT2D eigenvalue weighted by molar-refractivity contribution is 8.76. The van der Waals surface area contributed by atoms with E-state index >= 15 is 0 Å². The predicted octanol–water partition coefficient (Wildman–Crippen LogP) is 10.4. The van der Waals surface area contributed by atoms with Gasteiger partial charge >= 0.3 is 6.09 Å². The van der Waals surface area contributed by atoms with E-state index in [1.165, 1.54) is 0 Å². The lowest BCUT2D eigenvalue weighted by molar-refractivity contribution is -0.121. The molecular formula is C44H64N8O3S2. The van der Waals surface area contributed by atoms with Crippen molar-refractivity contribution in [3.63, 3.8) is 0 Å². The van der Waals surface area contributed by atoms with Crippen molar-refractivity contribution in [1.82, 2.24) is 30.2 Å². The van der Waals surface area contributed by atoms with Crippen molar-refractivity contribution in [2.24, 2.45) is 0 Å². The first-order valence-corrected chi connectivity index (χ1v) is 22.9. The number of imidazole rings is 1. The van der Waals surface area contributed by atoms with Crippen molar-refractivity contribution in [1.29, 1.82) is 0 Å². The summed E-state index contributed by atoms with van der Waals surface area (Å²) >= 11 is 0. The third-order valence-corrected chi connectivity index (χ3v) is 10.9. The fraction of sp³-hybridized carbons (Fsp3) is 0.477. The number of hydrogen-bond acceptors (Lipinski definition) is 10. The maximum absolute atomic E-state index is 12.4. The lowest BCUT2D eigenvalue weighted by Crippen LogP contribution is -2.32. The summed E-state index contributed by atoms with van der Waals surface area (Å²) < 4.78 is 7.55. The molecule has 0 aliphatic carbocycles. The maximum Gasteiger partial charge on any atom is 0.407 e. The van der Waals surface area contributed by atoms with Crippen molar-refractivity contribution in [2.45, 2.75) is 104 Å². The van der Waals surface area contributed by atoms with Gasteiger partial charge in [-0.2, -0.15) is 9.97 Å². The Hall–Kier alpha value is -4.49. The molecule has 1 aromatic carbocycles. The van der Waals surface area contributed by atoms with Gasteiger partial charge in [0, 0.05) is 43.6 Å². The van der Waals surface area contributed by atoms with Gasteiger partial charge in [0.15, 0.2) is 17.0 Å². The van der Waals surface area contributed by atoms with E-state index < -0.39 is 6.09 Å². The van der Waals surface area contributed by atoms with E-state index in [-0.39, 0.29) is 24.6 Å². The van der Waals surface area contributed by atoms with Gasteiger partial charge in [-0.05, 0) is 70.8 Å². The number of nitrogens with zero attached hydrogens (tertiary/aromatic N) is 4. The normalized spacial score (nSPS) is 12.6. The number of carbonyl (C=O) groups is 2. The van der Waals surface area contributed by atoms with Crippen LogP contribution in [0.5, 0.6) is 0 Å². The monoisotopic (exact) mass is 816 g/mol. The molecule has 4 N–H and O–H groups in total. The fourth-order valence-corrected chi connectivity index (χ4v) is 7.13. The molecule has 0 fully saturated rings. The van der Waals surface area contributed by atoms with Crippen LogP contribution in [0.2, 0.25) is 0 Å². The standard InChI is InChI=1S/C44H64N8O3S2/c1-5-7-8-9-10-11-12-13-14-15-16-17-18-19-20-21-25-28-39(53)45-29-31-56-57-32-30-46-44(54)55-34-38(6-2)49-43-50-41(47-33-37-26-23-22-24-27-37)40-42(51-43)52(35-48-40)36(3)4/h7-8,10-11,13-14,16-17,19-20,22-24,26-27,35-36,38H,5-6,9,12,15,18,21,25,28-34H2,1-4H3,(H,45,53)(H,46,54)(H2,47,49,50,51). The number of fused-ring (bicyclic) bond motifs is 1. The van der Waals surface area contributed by atoms with Crippen LogP contribution in [0.25, 0.3) is 11.2 Å². The average molecular weight is 817 g/mol. The molecule has 2 aromatic heterocycles. The molecule has 0 saturated heterocycles. The first kappa shape index (κ1) is 46.9. The van der Waals surface area contributed by atoms with Crippen LogP contribution in [-0.4, -0.2) is 68.8 Å². The summed E-state index contributed by atoms with van der Waals surface area (Å²) in [6.45, 7) is 10.2. The Labute approximate surface area is 348 Å². The Kier molecular flexibility index (Phi) is 24.4. The van der Waals surface area contributed by atoms with E-state index in [2.05, 4.69) is 120 Å². The van der Waals surface area contributed by atoms with Crippen molar-refractivity contribution < 1.29 is 14.3 Å². The Bertz CT molecular complexity index is 1720. The average Bonchev–Trinajstić information content (AvgIpc) is 3.65. The van der Waals surface area contributed by atoms with Gasteiger partial charge in [-0.3, -0.25) is 4.79 Å². The summed E-state index contributed by atoms with van der Waals surface area (Å²) in [5.74, 6) is 2.71. The van der Waals surface area contributed by atoms with E-state index in [0.717, 1.165) is 67.7 Å². The molecule has 1 atom stereocenters. The highest BCUT2D eigenvalue weighted by Crippen LogP contribution is 2.24. The highest BCUT2D eigenvalue weighted by atomic mass is 33.1. The van der Waals surface area contributed by atoms with Gasteiger partial charge in [-0.15, -0.1) is 0 Å². The third-order valence-electron chi connectivity index (χ3n) is 8.50. The van der Waals surface area contributed by atoms with Crippen LogP contribution >= 0.6 is 21.6 Å². The van der Waals surface area contributed by atoms with Crippen LogP contribution in [0.4, 0.5) is 16.6 Å². The number of aromatic nitrogens is 4. The van der Waals surface area contributed by atoms with E-state index in [9.17, 15) is 9.59 Å². The maximum atomic E-state index is 12.4. The number of unbranched alkanes of at least 4 members (excludes halogenated alkanes) is 1. The topological polar surface area (TPSA) is 135 Å². The molecule has 13 heteroatoms. The van der Waals surface area contributed by atoms with Crippen LogP contribution in [0.15, 0.2) is 97.4 Å². The molecule has 2 amide bonds. The van der Waals surface area contributed by atoms with Gasteiger partial charge in [0.2, 0.25) is 11.9 Å². The molecule has 0 spiro atoms. The molecule has 0 saturated carbocycles. The summed E-state index contributed by atoms with van der Waals surface area (Å²) in [6, 6.07) is 10.1. The molecule has 0 radical (unpaired) electrons. The molecule has 11 nitrogen and oxygen atoms in total. The van der Waals surface area contributed by atoms with Crippen molar-refractivity contribution >= 4 is 56.5 Å². The summed E-state index contributed by atoms with van der Waals surface area (Å²) in [6.07, 6.45) is 31.2. The van der Waals surface area contributed by atoms with E-state index in [1.807, 2.05) is 29.7 Å². The summed E-state index contributed by atoms with van der Waals surface area (Å²) in [5, 5.41) is 12.6. The van der Waals surface area contributed by atoms with Crippen molar-refractivity contribution in [3.05, 3.63) is 103 Å². The van der Waals surface area contributed by atoms with Gasteiger partial charge in [0.05, 0.1) is 12.4 Å². The molecule has 2 heterocycles. The molecule has 0 aliphatic rings. The first-order valence-electron chi connectivity index (χ1n) is 20.4. The van der Waals surface area contributed by atoms with Crippen LogP contribution < -0.4 is 21.3 Å². The number of anilines is 2. The van der Waals surface area contributed by atoms with E-state index in [0.29, 0.717) is 49.8 Å². The minimum Gasteiger partial charge on any atom is -0.447 e. The Morgan fingerprint density at radius 3 is 2.09 bits per heavy atom. The van der Waals surface area contributed by atoms with Crippen molar-refractivity contribution in [2.75, 3.05) is 41.8 Å². The number of carbonyl (C=O) groups excluding carboxylic acids is 2. The number of hydrogen-bond donors (Lipinski definition) is 4. The number of amides is 2. The van der Waals surface area contributed by atoms with E-state index in [1.54, 1.807) is 27.9 Å². The van der Waals surface area contributed by atoms with Crippen LogP contribution in [-0.2, 0) is 16.1 Å². The van der Waals surface area contributed by atoms with Gasteiger partial charge in [-0.1, -0.05) is 127 Å². The van der Waals surface area contributed by atoms with Gasteiger partial charge < -0.3 is 30.6 Å². The number of benzene rings is 1. The quantitative estimate of drug-likeness (QED) is 0.0305. The molecule has 3 rings (SSSR count). The Balaban J connectivity index is 1.21.